The van der Waals surface area contributed by atoms with Crippen LogP contribution in [0.4, 0.5) is 0 Å². The largest absolute Gasteiger partial charge is 0.366 e. The number of primary amides is 1. The van der Waals surface area contributed by atoms with Crippen LogP contribution in [0.15, 0.2) is 23.8 Å². The predicted molar refractivity (Wildman–Crippen MR) is 64.5 cm³/mol. The summed E-state index contributed by atoms with van der Waals surface area (Å²) in [6.45, 7) is 7.60. The van der Waals surface area contributed by atoms with Crippen molar-refractivity contribution in [3.8, 4) is 0 Å². The molecule has 2 N–H and O–H groups in total. The molecule has 15 heavy (non-hydrogen) atoms. The second kappa shape index (κ2) is 6.40. The van der Waals surface area contributed by atoms with Gasteiger partial charge in [-0.1, -0.05) is 13.0 Å². The highest BCUT2D eigenvalue weighted by atomic mass is 16.1. The number of hydrogen-bond acceptors (Lipinski definition) is 2. The number of nitrogens with zero attached hydrogens (tertiary/aromatic N) is 1. The fourth-order valence-electron chi connectivity index (χ4n) is 1.78. The van der Waals surface area contributed by atoms with E-state index in [1.807, 2.05) is 20.2 Å². The lowest BCUT2D eigenvalue weighted by Crippen LogP contribution is -2.31. The van der Waals surface area contributed by atoms with E-state index < -0.39 is 0 Å². The van der Waals surface area contributed by atoms with Gasteiger partial charge in [-0.2, -0.15) is 0 Å². The van der Waals surface area contributed by atoms with E-state index in [2.05, 4.69) is 18.4 Å². The van der Waals surface area contributed by atoms with Crippen molar-refractivity contribution in [2.45, 2.75) is 32.7 Å². The van der Waals surface area contributed by atoms with E-state index in [0.29, 0.717) is 12.0 Å². The van der Waals surface area contributed by atoms with E-state index in [0.717, 1.165) is 12.0 Å². The summed E-state index contributed by atoms with van der Waals surface area (Å²) in [6, 6.07) is 0.260. The van der Waals surface area contributed by atoms with Crippen molar-refractivity contribution in [1.82, 2.24) is 4.90 Å². The molecule has 0 rings (SSSR count). The minimum atomic E-state index is -0.341. The van der Waals surface area contributed by atoms with Crippen molar-refractivity contribution in [1.29, 1.82) is 0 Å². The van der Waals surface area contributed by atoms with Gasteiger partial charge in [-0.15, -0.1) is 6.58 Å². The van der Waals surface area contributed by atoms with Gasteiger partial charge in [0, 0.05) is 11.6 Å². The molecule has 0 spiro atoms. The van der Waals surface area contributed by atoms with Gasteiger partial charge in [0.15, 0.2) is 0 Å². The van der Waals surface area contributed by atoms with Crippen LogP contribution in [0, 0.1) is 0 Å². The second-order valence-corrected chi connectivity index (χ2v) is 3.89. The molecule has 0 aromatic heterocycles. The van der Waals surface area contributed by atoms with Gasteiger partial charge in [0.25, 0.3) is 0 Å². The van der Waals surface area contributed by atoms with Gasteiger partial charge in [0.1, 0.15) is 0 Å². The Bertz CT molecular complexity index is 267. The highest BCUT2D eigenvalue weighted by Crippen LogP contribution is 2.19. The molecule has 0 aliphatic rings. The molecule has 1 amide bonds. The third-order valence-corrected chi connectivity index (χ3v) is 2.63. The number of hydrogen-bond donors (Lipinski definition) is 1. The fraction of sp³-hybridized carbons (Fsp3) is 0.583. The monoisotopic (exact) mass is 210 g/mol. The Morgan fingerprint density at radius 2 is 2.07 bits per heavy atom. The fourth-order valence-corrected chi connectivity index (χ4v) is 1.78. The van der Waals surface area contributed by atoms with Crippen molar-refractivity contribution in [3.63, 3.8) is 0 Å². The molecular formula is C12H22N2O. The molecule has 0 aliphatic carbocycles. The highest BCUT2D eigenvalue weighted by molar-refractivity contribution is 5.92. The lowest BCUT2D eigenvalue weighted by atomic mass is 9.95. The summed E-state index contributed by atoms with van der Waals surface area (Å²) < 4.78 is 0. The molecule has 0 heterocycles. The molecule has 3 heteroatoms. The summed E-state index contributed by atoms with van der Waals surface area (Å²) >= 11 is 0. The summed E-state index contributed by atoms with van der Waals surface area (Å²) in [5.41, 5.74) is 7.05. The topological polar surface area (TPSA) is 46.3 Å². The van der Waals surface area contributed by atoms with Crippen LogP contribution < -0.4 is 5.73 Å². The SMILES string of the molecule is C=CCC(=C(C)C(N)=O)C(CC)N(C)C. The first kappa shape index (κ1) is 13.9. The van der Waals surface area contributed by atoms with E-state index >= 15 is 0 Å². The quantitative estimate of drug-likeness (QED) is 0.536. The molecule has 0 aromatic carbocycles. The van der Waals surface area contributed by atoms with Gasteiger partial charge >= 0.3 is 0 Å². The first-order valence-corrected chi connectivity index (χ1v) is 5.22. The molecule has 0 fully saturated rings. The van der Waals surface area contributed by atoms with Crippen LogP contribution in [0.5, 0.6) is 0 Å². The van der Waals surface area contributed by atoms with Crippen LogP contribution in [0.2, 0.25) is 0 Å². The summed E-state index contributed by atoms with van der Waals surface area (Å²) in [4.78, 5) is 13.3. The van der Waals surface area contributed by atoms with E-state index in [1.54, 1.807) is 6.92 Å². The smallest absolute Gasteiger partial charge is 0.244 e. The number of carbonyl (C=O) groups is 1. The first-order valence-electron chi connectivity index (χ1n) is 5.22. The minimum absolute atomic E-state index is 0.260. The zero-order valence-corrected chi connectivity index (χ0v) is 10.2. The summed E-state index contributed by atoms with van der Waals surface area (Å²) in [5.74, 6) is -0.341. The number of nitrogens with two attached hydrogens (primary N) is 1. The third kappa shape index (κ3) is 3.88. The van der Waals surface area contributed by atoms with Crippen LogP contribution in [-0.4, -0.2) is 30.9 Å². The highest BCUT2D eigenvalue weighted by Gasteiger charge is 2.17. The normalized spacial score (nSPS) is 14.7. The standard InChI is InChI=1S/C12H22N2O/c1-6-8-10(9(3)12(13)15)11(7-2)14(4)5/h6,11H,1,7-8H2,2-5H3,(H2,13,15). The maximum atomic E-state index is 11.2. The van der Waals surface area contributed by atoms with E-state index in [4.69, 9.17) is 5.73 Å². The Balaban J connectivity index is 5.17. The molecule has 0 aliphatic heterocycles. The Morgan fingerprint density at radius 3 is 2.33 bits per heavy atom. The van der Waals surface area contributed by atoms with Crippen LogP contribution >= 0.6 is 0 Å². The van der Waals surface area contributed by atoms with Gasteiger partial charge in [-0.05, 0) is 39.4 Å². The number of likely N-dealkylation sites (N-methyl/N-ethyl adjacent to an activating group) is 1. The van der Waals surface area contributed by atoms with Crippen molar-refractivity contribution in [2.75, 3.05) is 14.1 Å². The van der Waals surface area contributed by atoms with Gasteiger partial charge < -0.3 is 10.6 Å². The van der Waals surface area contributed by atoms with Crippen molar-refractivity contribution in [3.05, 3.63) is 23.8 Å². The molecule has 1 unspecified atom stereocenters. The summed E-state index contributed by atoms with van der Waals surface area (Å²) in [7, 11) is 4.01. The summed E-state index contributed by atoms with van der Waals surface area (Å²) in [5, 5.41) is 0. The first-order chi connectivity index (χ1) is 6.95. The zero-order chi connectivity index (χ0) is 12.0. The summed E-state index contributed by atoms with van der Waals surface area (Å²) in [6.07, 6.45) is 3.49. The van der Waals surface area contributed by atoms with Crippen LogP contribution in [0.25, 0.3) is 0 Å². The molecule has 0 bridgehead atoms. The number of rotatable bonds is 6. The number of carbonyl (C=O) groups excluding carboxylic acids is 1. The van der Waals surface area contributed by atoms with Crippen LogP contribution in [-0.2, 0) is 4.79 Å². The predicted octanol–water partition coefficient (Wildman–Crippen LogP) is 1.70. The van der Waals surface area contributed by atoms with E-state index in [-0.39, 0.29) is 11.9 Å². The van der Waals surface area contributed by atoms with E-state index in [1.165, 1.54) is 0 Å². The second-order valence-electron chi connectivity index (χ2n) is 3.89. The third-order valence-electron chi connectivity index (χ3n) is 2.63. The van der Waals surface area contributed by atoms with Crippen molar-refractivity contribution < 1.29 is 4.79 Å². The Kier molecular flexibility index (Phi) is 5.94. The minimum Gasteiger partial charge on any atom is -0.366 e. The molecule has 0 saturated carbocycles. The molecule has 0 aromatic rings. The molecular weight excluding hydrogens is 188 g/mol. The average Bonchev–Trinajstić information content (AvgIpc) is 2.15. The molecule has 1 atom stereocenters. The van der Waals surface area contributed by atoms with Gasteiger partial charge in [0.05, 0.1) is 0 Å². The molecule has 3 nitrogen and oxygen atoms in total. The zero-order valence-electron chi connectivity index (χ0n) is 10.2. The van der Waals surface area contributed by atoms with Crippen LogP contribution in [0.3, 0.4) is 0 Å². The maximum absolute atomic E-state index is 11.2. The van der Waals surface area contributed by atoms with Crippen molar-refractivity contribution in [2.24, 2.45) is 5.73 Å². The average molecular weight is 210 g/mol. The van der Waals surface area contributed by atoms with Gasteiger partial charge in [-0.25, -0.2) is 0 Å². The number of amides is 1. The lowest BCUT2D eigenvalue weighted by molar-refractivity contribution is -0.114. The maximum Gasteiger partial charge on any atom is 0.244 e. The van der Waals surface area contributed by atoms with Gasteiger partial charge in [-0.3, -0.25) is 4.79 Å². The Labute approximate surface area is 92.6 Å². The number of allylic oxidation sites excluding steroid dienone is 1. The Hall–Kier alpha value is -1.09. The lowest BCUT2D eigenvalue weighted by Gasteiger charge is -2.26. The van der Waals surface area contributed by atoms with Crippen molar-refractivity contribution >= 4 is 5.91 Å². The van der Waals surface area contributed by atoms with E-state index in [9.17, 15) is 4.79 Å². The molecule has 0 saturated heterocycles. The van der Waals surface area contributed by atoms with Gasteiger partial charge in [0.2, 0.25) is 5.91 Å². The Morgan fingerprint density at radius 1 is 1.53 bits per heavy atom. The van der Waals surface area contributed by atoms with Crippen LogP contribution in [0.1, 0.15) is 26.7 Å². The molecule has 86 valence electrons. The molecule has 0 radical (unpaired) electrons.